The van der Waals surface area contributed by atoms with Crippen molar-refractivity contribution >= 4 is 11.6 Å². The van der Waals surface area contributed by atoms with Crippen LogP contribution >= 0.6 is 0 Å². The summed E-state index contributed by atoms with van der Waals surface area (Å²) < 4.78 is 5.78. The van der Waals surface area contributed by atoms with Crippen molar-refractivity contribution in [1.82, 2.24) is 4.90 Å². The van der Waals surface area contributed by atoms with Gasteiger partial charge in [-0.15, -0.1) is 0 Å². The Morgan fingerprint density at radius 3 is 2.42 bits per heavy atom. The standard InChI is InChI=1S/C20H22N2O2/c23-20(17-14-16-6-4-5-9-19(16)24-15-17)22-12-10-21(11-13-22)18-7-2-1-3-8-18/h1-9,17H,10-15H2/t17-/m0/s1. The molecule has 0 N–H and O–H groups in total. The lowest BCUT2D eigenvalue weighted by atomic mass is 9.95. The molecule has 1 atom stereocenters. The second-order valence-electron chi connectivity index (χ2n) is 6.47. The largest absolute Gasteiger partial charge is 0.492 e. The Bertz CT molecular complexity index is 709. The number of piperazine rings is 1. The van der Waals surface area contributed by atoms with Crippen LogP contribution in [0.2, 0.25) is 0 Å². The van der Waals surface area contributed by atoms with Crippen molar-refractivity contribution in [3.8, 4) is 5.75 Å². The summed E-state index contributed by atoms with van der Waals surface area (Å²) in [6.07, 6.45) is 0.786. The highest BCUT2D eigenvalue weighted by Crippen LogP contribution is 2.28. The molecule has 0 spiro atoms. The van der Waals surface area contributed by atoms with Crippen LogP contribution in [0.4, 0.5) is 5.69 Å². The van der Waals surface area contributed by atoms with Crippen molar-refractivity contribution in [3.63, 3.8) is 0 Å². The summed E-state index contributed by atoms with van der Waals surface area (Å²) in [7, 11) is 0. The van der Waals surface area contributed by atoms with E-state index in [2.05, 4.69) is 35.2 Å². The number of ether oxygens (including phenoxy) is 1. The summed E-state index contributed by atoms with van der Waals surface area (Å²) in [6, 6.07) is 18.4. The molecule has 1 saturated heterocycles. The first-order valence-corrected chi connectivity index (χ1v) is 8.61. The maximum atomic E-state index is 12.8. The van der Waals surface area contributed by atoms with E-state index in [0.29, 0.717) is 6.61 Å². The zero-order chi connectivity index (χ0) is 16.4. The van der Waals surface area contributed by atoms with Crippen molar-refractivity contribution in [1.29, 1.82) is 0 Å². The van der Waals surface area contributed by atoms with Crippen LogP contribution in [0.1, 0.15) is 5.56 Å². The minimum Gasteiger partial charge on any atom is -0.492 e. The summed E-state index contributed by atoms with van der Waals surface area (Å²) in [5, 5.41) is 0. The van der Waals surface area contributed by atoms with E-state index in [1.165, 1.54) is 5.69 Å². The first kappa shape index (κ1) is 15.1. The zero-order valence-electron chi connectivity index (χ0n) is 13.7. The fourth-order valence-electron chi connectivity index (χ4n) is 3.57. The molecule has 0 bridgehead atoms. The van der Waals surface area contributed by atoms with Gasteiger partial charge in [-0.05, 0) is 30.2 Å². The third kappa shape index (κ3) is 2.96. The Labute approximate surface area is 142 Å². The number of anilines is 1. The highest BCUT2D eigenvalue weighted by Gasteiger charge is 2.31. The number of benzene rings is 2. The lowest BCUT2D eigenvalue weighted by Gasteiger charge is -2.38. The second kappa shape index (κ2) is 6.56. The Hall–Kier alpha value is -2.49. The molecule has 2 aliphatic heterocycles. The van der Waals surface area contributed by atoms with Crippen molar-refractivity contribution in [2.24, 2.45) is 5.92 Å². The number of hydrogen-bond donors (Lipinski definition) is 0. The van der Waals surface area contributed by atoms with E-state index in [1.807, 2.05) is 29.2 Å². The molecule has 2 aromatic rings. The number of para-hydroxylation sites is 2. The van der Waals surface area contributed by atoms with Crippen LogP contribution in [0, 0.1) is 5.92 Å². The van der Waals surface area contributed by atoms with Crippen LogP contribution < -0.4 is 9.64 Å². The molecule has 0 radical (unpaired) electrons. The first-order chi connectivity index (χ1) is 11.8. The van der Waals surface area contributed by atoms with Crippen LogP contribution in [0.3, 0.4) is 0 Å². The molecule has 0 aromatic heterocycles. The maximum absolute atomic E-state index is 12.8. The van der Waals surface area contributed by atoms with Crippen LogP contribution in [0.5, 0.6) is 5.75 Å². The van der Waals surface area contributed by atoms with E-state index >= 15 is 0 Å². The van der Waals surface area contributed by atoms with Gasteiger partial charge in [0.1, 0.15) is 12.4 Å². The van der Waals surface area contributed by atoms with E-state index in [4.69, 9.17) is 4.74 Å². The number of fused-ring (bicyclic) bond motifs is 1. The fourth-order valence-corrected chi connectivity index (χ4v) is 3.57. The smallest absolute Gasteiger partial charge is 0.229 e. The van der Waals surface area contributed by atoms with Gasteiger partial charge >= 0.3 is 0 Å². The molecule has 0 unspecified atom stereocenters. The number of rotatable bonds is 2. The van der Waals surface area contributed by atoms with E-state index in [0.717, 1.165) is 43.9 Å². The zero-order valence-corrected chi connectivity index (χ0v) is 13.7. The van der Waals surface area contributed by atoms with Crippen molar-refractivity contribution < 1.29 is 9.53 Å². The van der Waals surface area contributed by atoms with Gasteiger partial charge in [0.2, 0.25) is 5.91 Å². The lowest BCUT2D eigenvalue weighted by molar-refractivity contribution is -0.137. The molecule has 4 nitrogen and oxygen atoms in total. The van der Waals surface area contributed by atoms with Crippen LogP contribution in [-0.2, 0) is 11.2 Å². The second-order valence-corrected chi connectivity index (χ2v) is 6.47. The molecule has 24 heavy (non-hydrogen) atoms. The number of amides is 1. The predicted octanol–water partition coefficient (Wildman–Crippen LogP) is 2.59. The summed E-state index contributed by atoms with van der Waals surface area (Å²) in [5.41, 5.74) is 2.38. The first-order valence-electron chi connectivity index (χ1n) is 8.61. The molecule has 0 aliphatic carbocycles. The van der Waals surface area contributed by atoms with E-state index < -0.39 is 0 Å². The number of hydrogen-bond acceptors (Lipinski definition) is 3. The summed E-state index contributed by atoms with van der Waals surface area (Å²) in [5.74, 6) is 1.11. The average molecular weight is 322 g/mol. The van der Waals surface area contributed by atoms with Gasteiger partial charge in [-0.1, -0.05) is 36.4 Å². The Morgan fingerprint density at radius 1 is 0.917 bits per heavy atom. The summed E-state index contributed by atoms with van der Waals surface area (Å²) >= 11 is 0. The van der Waals surface area contributed by atoms with E-state index in [-0.39, 0.29) is 11.8 Å². The quantitative estimate of drug-likeness (QED) is 0.852. The molecule has 0 saturated carbocycles. The topological polar surface area (TPSA) is 32.8 Å². The molecule has 4 rings (SSSR count). The number of nitrogens with zero attached hydrogens (tertiary/aromatic N) is 2. The summed E-state index contributed by atoms with van der Waals surface area (Å²) in [6.45, 7) is 3.84. The highest BCUT2D eigenvalue weighted by molar-refractivity contribution is 5.80. The van der Waals surface area contributed by atoms with Crippen LogP contribution in [0.25, 0.3) is 0 Å². The minimum atomic E-state index is -0.0526. The molecule has 4 heteroatoms. The minimum absolute atomic E-state index is 0.0526. The van der Waals surface area contributed by atoms with Crippen molar-refractivity contribution in [2.75, 3.05) is 37.7 Å². The van der Waals surface area contributed by atoms with Gasteiger partial charge < -0.3 is 14.5 Å². The van der Waals surface area contributed by atoms with Gasteiger partial charge in [-0.3, -0.25) is 4.79 Å². The van der Waals surface area contributed by atoms with Gasteiger partial charge in [0, 0.05) is 31.9 Å². The van der Waals surface area contributed by atoms with Crippen molar-refractivity contribution in [2.45, 2.75) is 6.42 Å². The predicted molar refractivity (Wildman–Crippen MR) is 94.4 cm³/mol. The Kier molecular flexibility index (Phi) is 4.11. The van der Waals surface area contributed by atoms with Gasteiger partial charge in [0.15, 0.2) is 0 Å². The SMILES string of the molecule is O=C([C@@H]1COc2ccccc2C1)N1CCN(c2ccccc2)CC1. The third-order valence-corrected chi connectivity index (χ3v) is 4.94. The Morgan fingerprint density at radius 2 is 1.62 bits per heavy atom. The maximum Gasteiger partial charge on any atom is 0.229 e. The van der Waals surface area contributed by atoms with Crippen molar-refractivity contribution in [3.05, 3.63) is 60.2 Å². The average Bonchev–Trinajstić information content (AvgIpc) is 2.68. The monoisotopic (exact) mass is 322 g/mol. The van der Waals surface area contributed by atoms with Gasteiger partial charge in [-0.2, -0.15) is 0 Å². The van der Waals surface area contributed by atoms with E-state index in [1.54, 1.807) is 0 Å². The van der Waals surface area contributed by atoms with Gasteiger partial charge in [0.05, 0.1) is 5.92 Å². The molecular weight excluding hydrogens is 300 g/mol. The van der Waals surface area contributed by atoms with Crippen LogP contribution in [0.15, 0.2) is 54.6 Å². The third-order valence-electron chi connectivity index (χ3n) is 4.94. The lowest BCUT2D eigenvalue weighted by Crippen LogP contribution is -2.51. The molecular formula is C20H22N2O2. The van der Waals surface area contributed by atoms with Crippen LogP contribution in [-0.4, -0.2) is 43.6 Å². The fraction of sp³-hybridized carbons (Fsp3) is 0.350. The van der Waals surface area contributed by atoms with E-state index in [9.17, 15) is 4.79 Å². The molecule has 124 valence electrons. The molecule has 1 amide bonds. The Balaban J connectivity index is 1.37. The molecule has 1 fully saturated rings. The normalized spacial score (nSPS) is 20.2. The molecule has 2 aliphatic rings. The molecule has 2 heterocycles. The van der Waals surface area contributed by atoms with Gasteiger partial charge in [0.25, 0.3) is 0 Å². The summed E-state index contributed by atoms with van der Waals surface area (Å²) in [4.78, 5) is 17.2. The highest BCUT2D eigenvalue weighted by atomic mass is 16.5. The van der Waals surface area contributed by atoms with Gasteiger partial charge in [-0.25, -0.2) is 0 Å². The number of carbonyl (C=O) groups excluding carboxylic acids is 1. The number of carbonyl (C=O) groups is 1. The molecule has 2 aromatic carbocycles.